The van der Waals surface area contributed by atoms with E-state index in [1.165, 1.54) is 0 Å². The molecule has 0 saturated carbocycles. The summed E-state index contributed by atoms with van der Waals surface area (Å²) in [5.41, 5.74) is 1.75. The van der Waals surface area contributed by atoms with E-state index in [0.717, 1.165) is 62.5 Å². The molecule has 11 fully saturated rings. The summed E-state index contributed by atoms with van der Waals surface area (Å²) in [6.07, 6.45) is 6.73. The third kappa shape index (κ3) is 6.53. The lowest BCUT2D eigenvalue weighted by Crippen LogP contribution is -2.62. The second-order valence-corrected chi connectivity index (χ2v) is 19.5. The molecule has 0 radical (unpaired) electrons. The molecule has 11 rings (SSSR count). The molecule has 11 heterocycles. The zero-order valence-electron chi connectivity index (χ0n) is 33.6. The molecule has 11 aliphatic heterocycles. The van der Waals surface area contributed by atoms with Crippen molar-refractivity contribution in [1.29, 1.82) is 0 Å². The van der Waals surface area contributed by atoms with Gasteiger partial charge in [0.1, 0.15) is 42.2 Å². The van der Waals surface area contributed by atoms with Crippen LogP contribution in [0.2, 0.25) is 0 Å². The maximum absolute atomic E-state index is 14.1. The Bertz CT molecular complexity index is 1520. The van der Waals surface area contributed by atoms with Crippen LogP contribution in [-0.2, 0) is 52.2 Å². The fourth-order valence-corrected chi connectivity index (χ4v) is 12.6. The summed E-state index contributed by atoms with van der Waals surface area (Å²) < 4.78 is 68.2. The quantitative estimate of drug-likeness (QED) is 0.222. The molecule has 21 unspecified atom stereocenters. The molecule has 0 N–H and O–H groups in total. The highest BCUT2D eigenvalue weighted by molar-refractivity contribution is 5.70. The maximum atomic E-state index is 14.1. The first kappa shape index (κ1) is 37.8. The van der Waals surface area contributed by atoms with Crippen molar-refractivity contribution in [1.82, 2.24) is 0 Å². The van der Waals surface area contributed by atoms with E-state index in [0.29, 0.717) is 37.5 Å². The van der Waals surface area contributed by atoms with E-state index in [-0.39, 0.29) is 110 Å². The molecule has 21 atom stereocenters. The van der Waals surface area contributed by atoms with Gasteiger partial charge in [0.15, 0.2) is 5.79 Å². The summed E-state index contributed by atoms with van der Waals surface area (Å²) in [5.74, 6) is -0.465. The van der Waals surface area contributed by atoms with E-state index in [2.05, 4.69) is 47.8 Å². The van der Waals surface area contributed by atoms with Gasteiger partial charge in [-0.3, -0.25) is 4.79 Å². The molecule has 11 heteroatoms. The Labute approximate surface area is 326 Å². The predicted octanol–water partition coefficient (Wildman–Crippen LogP) is 6.28. The first-order valence-electron chi connectivity index (χ1n) is 21.9. The van der Waals surface area contributed by atoms with Crippen LogP contribution in [0, 0.1) is 17.8 Å². The lowest BCUT2D eigenvalue weighted by Gasteiger charge is -2.51. The Morgan fingerprint density at radius 3 is 2.27 bits per heavy atom. The van der Waals surface area contributed by atoms with Crippen LogP contribution in [0.25, 0.3) is 0 Å². The van der Waals surface area contributed by atoms with Crippen LogP contribution in [-0.4, -0.2) is 115 Å². The summed E-state index contributed by atoms with van der Waals surface area (Å²) in [6, 6.07) is 0. The highest BCUT2D eigenvalue weighted by Crippen LogP contribution is 2.58. The van der Waals surface area contributed by atoms with Gasteiger partial charge in [0.2, 0.25) is 0 Å². The molecule has 0 aromatic carbocycles. The molecule has 55 heavy (non-hydrogen) atoms. The normalized spacial score (nSPS) is 56.3. The van der Waals surface area contributed by atoms with E-state index in [1.54, 1.807) is 0 Å². The molecule has 11 nitrogen and oxygen atoms in total. The first-order chi connectivity index (χ1) is 26.4. The number of carbonyl (C=O) groups is 1. The van der Waals surface area contributed by atoms with Gasteiger partial charge in [0.25, 0.3) is 0 Å². The standard InChI is InChI=1S/C44H64O11/c1-8-29-23(4)17-33-36(50-29)25(6)37-34(49-33)19-32-24(5)21(2)15-26(47-32)9-11-30-22(3)16-28(46-30)13-14-44-20-43(7)42(55-44)41-40(53-43)39(54-44)38-31(51-41)12-10-27(48-38)18-35(45)52-37/h21,23,25-34,36-42H,3,5,8-20H2,1-2,4,6-7H3. The topological polar surface area (TPSA) is 109 Å². The van der Waals surface area contributed by atoms with Crippen LogP contribution in [0.15, 0.2) is 24.3 Å². The fourth-order valence-electron chi connectivity index (χ4n) is 12.6. The smallest absolute Gasteiger partial charge is 0.308 e. The number of esters is 1. The number of hydrogen-bond acceptors (Lipinski definition) is 11. The number of rotatable bonds is 1. The Kier molecular flexibility index (Phi) is 9.71. The second-order valence-electron chi connectivity index (χ2n) is 19.5. The Hall–Kier alpha value is -1.41. The van der Waals surface area contributed by atoms with Gasteiger partial charge in [-0.1, -0.05) is 40.9 Å². The molecule has 306 valence electrons. The SMILES string of the molecule is C=C1CC2CCC34CC5(C)OC6C(O3)C3OC(CCC3OC6C5O4)CC(=O)OC3C(CC4OC(CCC1O2)CC(C)C4=C)OC1CC(C)C(CC)OC1C3C. The van der Waals surface area contributed by atoms with Gasteiger partial charge in [0, 0.05) is 25.2 Å². The highest BCUT2D eigenvalue weighted by atomic mass is 16.8. The van der Waals surface area contributed by atoms with Crippen LogP contribution < -0.4 is 0 Å². The van der Waals surface area contributed by atoms with Crippen LogP contribution in [0.1, 0.15) is 118 Å². The first-order valence-corrected chi connectivity index (χ1v) is 21.9. The third-order valence-corrected chi connectivity index (χ3v) is 15.5. The van der Waals surface area contributed by atoms with Crippen molar-refractivity contribution in [3.8, 4) is 0 Å². The lowest BCUT2D eigenvalue weighted by molar-refractivity contribution is -0.295. The highest BCUT2D eigenvalue weighted by Gasteiger charge is 2.73. The number of carbonyl (C=O) groups excluding carboxylic acids is 1. The van der Waals surface area contributed by atoms with Crippen LogP contribution in [0.4, 0.5) is 0 Å². The number of hydrogen-bond donors (Lipinski definition) is 0. The molecule has 0 amide bonds. The summed E-state index contributed by atoms with van der Waals surface area (Å²) in [5, 5.41) is 0. The number of fused-ring (bicyclic) bond motifs is 7. The Morgan fingerprint density at radius 2 is 1.44 bits per heavy atom. The molecule has 11 saturated heterocycles. The second kappa shape index (κ2) is 14.1. The van der Waals surface area contributed by atoms with Crippen LogP contribution in [0.3, 0.4) is 0 Å². The molecule has 0 aromatic rings. The average Bonchev–Trinajstić information content (AvgIpc) is 3.68. The minimum atomic E-state index is -0.815. The zero-order valence-corrected chi connectivity index (χ0v) is 33.6. The minimum Gasteiger partial charge on any atom is -0.459 e. The van der Waals surface area contributed by atoms with Gasteiger partial charge in [-0.15, -0.1) is 0 Å². The van der Waals surface area contributed by atoms with Gasteiger partial charge in [-0.2, -0.15) is 0 Å². The minimum absolute atomic E-state index is 0.00626. The van der Waals surface area contributed by atoms with Crippen molar-refractivity contribution in [3.63, 3.8) is 0 Å². The number of ether oxygens (including phenoxy) is 10. The molecule has 0 aromatic heterocycles. The molecule has 1 spiro atoms. The van der Waals surface area contributed by atoms with Crippen molar-refractivity contribution >= 4 is 5.97 Å². The lowest BCUT2D eigenvalue weighted by atomic mass is 9.78. The fraction of sp³-hybridized carbons (Fsp3) is 0.886. The monoisotopic (exact) mass is 768 g/mol. The van der Waals surface area contributed by atoms with E-state index in [1.807, 2.05) is 0 Å². The average molecular weight is 769 g/mol. The third-order valence-electron chi connectivity index (χ3n) is 15.5. The predicted molar refractivity (Wildman–Crippen MR) is 199 cm³/mol. The van der Waals surface area contributed by atoms with Gasteiger partial charge in [-0.05, 0) is 87.7 Å². The largest absolute Gasteiger partial charge is 0.459 e. The van der Waals surface area contributed by atoms with E-state index in [9.17, 15) is 4.79 Å². The summed E-state index contributed by atoms with van der Waals surface area (Å²) in [4.78, 5) is 14.1. The van der Waals surface area contributed by atoms with Crippen molar-refractivity contribution in [2.45, 2.75) is 227 Å². The molecule has 11 aliphatic rings. The molecule has 0 aliphatic carbocycles. The Morgan fingerprint density at radius 1 is 0.673 bits per heavy atom. The summed E-state index contributed by atoms with van der Waals surface area (Å²) in [6.45, 7) is 20.0. The van der Waals surface area contributed by atoms with E-state index >= 15 is 0 Å². The van der Waals surface area contributed by atoms with E-state index < -0.39 is 17.5 Å². The Balaban J connectivity index is 0.944. The van der Waals surface area contributed by atoms with Crippen LogP contribution in [0.5, 0.6) is 0 Å². The van der Waals surface area contributed by atoms with Gasteiger partial charge < -0.3 is 47.4 Å². The molecular weight excluding hydrogens is 704 g/mol. The van der Waals surface area contributed by atoms with Crippen molar-refractivity contribution < 1.29 is 52.2 Å². The summed E-state index contributed by atoms with van der Waals surface area (Å²) in [7, 11) is 0. The zero-order chi connectivity index (χ0) is 38.0. The van der Waals surface area contributed by atoms with Crippen molar-refractivity contribution in [3.05, 3.63) is 24.3 Å². The van der Waals surface area contributed by atoms with Crippen molar-refractivity contribution in [2.24, 2.45) is 17.8 Å². The van der Waals surface area contributed by atoms with Crippen LogP contribution >= 0.6 is 0 Å². The molecule has 12 bridgehead atoms. The van der Waals surface area contributed by atoms with E-state index in [4.69, 9.17) is 47.4 Å². The van der Waals surface area contributed by atoms with Gasteiger partial charge in [-0.25, -0.2) is 0 Å². The van der Waals surface area contributed by atoms with Gasteiger partial charge >= 0.3 is 5.97 Å². The summed E-state index contributed by atoms with van der Waals surface area (Å²) >= 11 is 0. The maximum Gasteiger partial charge on any atom is 0.308 e. The van der Waals surface area contributed by atoms with Crippen molar-refractivity contribution in [2.75, 3.05) is 0 Å². The van der Waals surface area contributed by atoms with Gasteiger partial charge in [0.05, 0.1) is 67.5 Å². The molecular formula is C44H64O11.